The van der Waals surface area contributed by atoms with E-state index in [1.54, 1.807) is 10.7 Å². The summed E-state index contributed by atoms with van der Waals surface area (Å²) in [4.78, 5) is 0. The van der Waals surface area contributed by atoms with Gasteiger partial charge in [-0.05, 0) is 59.3 Å². The van der Waals surface area contributed by atoms with Crippen LogP contribution in [0.2, 0.25) is 0 Å². The van der Waals surface area contributed by atoms with E-state index in [1.807, 2.05) is 25.1 Å². The quantitative estimate of drug-likeness (QED) is 0.723. The van der Waals surface area contributed by atoms with Crippen molar-refractivity contribution < 1.29 is 4.39 Å². The Morgan fingerprint density at radius 1 is 1.19 bits per heavy atom. The number of aromatic nitrogens is 4. The van der Waals surface area contributed by atoms with E-state index in [2.05, 4.69) is 31.5 Å². The normalized spacial score (nSPS) is 10.8. The predicted molar refractivity (Wildman–Crippen MR) is 81.4 cm³/mol. The largest absolute Gasteiger partial charge is 0.398 e. The Morgan fingerprint density at radius 2 is 2.00 bits per heavy atom. The lowest BCUT2D eigenvalue weighted by molar-refractivity contribution is 0.628. The van der Waals surface area contributed by atoms with Crippen molar-refractivity contribution in [1.29, 1.82) is 0 Å². The summed E-state index contributed by atoms with van der Waals surface area (Å²) in [5.74, 6) is 0.0681. The Labute approximate surface area is 128 Å². The van der Waals surface area contributed by atoms with Gasteiger partial charge >= 0.3 is 0 Å². The second-order valence-electron chi connectivity index (χ2n) is 4.63. The number of tetrazole rings is 1. The minimum atomic E-state index is -0.395. The van der Waals surface area contributed by atoms with Crippen LogP contribution in [-0.2, 0) is 0 Å². The fourth-order valence-electron chi connectivity index (χ4n) is 2.11. The molecule has 0 amide bonds. The van der Waals surface area contributed by atoms with E-state index < -0.39 is 5.82 Å². The van der Waals surface area contributed by atoms with Gasteiger partial charge in [0, 0.05) is 15.7 Å². The maximum Gasteiger partial charge on any atom is 0.189 e. The van der Waals surface area contributed by atoms with E-state index in [1.165, 1.54) is 12.1 Å². The summed E-state index contributed by atoms with van der Waals surface area (Å²) in [6, 6.07) is 9.98. The standard InChI is InChI=1S/C14H11BrFN5/c1-8-4-9(15)6-11(5-8)21-14(18-19-20-21)12-3-2-10(16)7-13(12)17/h2-7H,17H2,1H3. The number of nitrogens with two attached hydrogens (primary N) is 1. The molecular weight excluding hydrogens is 337 g/mol. The molecule has 0 aliphatic carbocycles. The van der Waals surface area contributed by atoms with E-state index in [4.69, 9.17) is 5.73 Å². The molecule has 106 valence electrons. The van der Waals surface area contributed by atoms with Gasteiger partial charge in [0.05, 0.1) is 5.69 Å². The molecule has 0 aliphatic rings. The third-order valence-electron chi connectivity index (χ3n) is 3.00. The molecule has 2 N–H and O–H groups in total. The van der Waals surface area contributed by atoms with Crippen LogP contribution in [0.1, 0.15) is 5.56 Å². The van der Waals surface area contributed by atoms with Crippen LogP contribution in [0.25, 0.3) is 17.1 Å². The highest BCUT2D eigenvalue weighted by molar-refractivity contribution is 9.10. The summed E-state index contributed by atoms with van der Waals surface area (Å²) < 4.78 is 15.7. The Balaban J connectivity index is 2.17. The van der Waals surface area contributed by atoms with Crippen molar-refractivity contribution in [3.63, 3.8) is 0 Å². The van der Waals surface area contributed by atoms with Gasteiger partial charge in [-0.2, -0.15) is 4.68 Å². The molecule has 0 radical (unpaired) electrons. The lowest BCUT2D eigenvalue weighted by Crippen LogP contribution is -2.02. The molecule has 7 heteroatoms. The van der Waals surface area contributed by atoms with Crippen molar-refractivity contribution in [3.8, 4) is 17.1 Å². The minimum absolute atomic E-state index is 0.290. The molecule has 0 fully saturated rings. The number of nitrogens with zero attached hydrogens (tertiary/aromatic N) is 4. The zero-order chi connectivity index (χ0) is 15.0. The molecule has 1 aromatic heterocycles. The maximum atomic E-state index is 13.2. The van der Waals surface area contributed by atoms with Crippen LogP contribution in [0, 0.1) is 12.7 Å². The van der Waals surface area contributed by atoms with E-state index >= 15 is 0 Å². The van der Waals surface area contributed by atoms with Gasteiger partial charge in [0.15, 0.2) is 5.82 Å². The van der Waals surface area contributed by atoms with E-state index in [0.29, 0.717) is 11.4 Å². The summed E-state index contributed by atoms with van der Waals surface area (Å²) in [6.45, 7) is 1.98. The van der Waals surface area contributed by atoms with E-state index in [9.17, 15) is 4.39 Å². The highest BCUT2D eigenvalue weighted by Gasteiger charge is 2.14. The Kier molecular flexibility index (Phi) is 3.42. The van der Waals surface area contributed by atoms with Gasteiger partial charge in [-0.25, -0.2) is 4.39 Å². The van der Waals surface area contributed by atoms with Crippen LogP contribution in [-0.4, -0.2) is 20.2 Å². The molecule has 3 rings (SSSR count). The fraction of sp³-hybridized carbons (Fsp3) is 0.0714. The van der Waals surface area contributed by atoms with Crippen LogP contribution in [0.3, 0.4) is 0 Å². The molecule has 0 aliphatic heterocycles. The molecule has 21 heavy (non-hydrogen) atoms. The third-order valence-corrected chi connectivity index (χ3v) is 3.45. The van der Waals surface area contributed by atoms with Crippen LogP contribution < -0.4 is 5.73 Å². The fourth-order valence-corrected chi connectivity index (χ4v) is 2.70. The molecule has 0 bridgehead atoms. The number of anilines is 1. The monoisotopic (exact) mass is 347 g/mol. The Bertz CT molecular complexity index is 795. The summed E-state index contributed by atoms with van der Waals surface area (Å²) >= 11 is 3.45. The zero-order valence-electron chi connectivity index (χ0n) is 11.1. The molecule has 3 aromatic rings. The van der Waals surface area contributed by atoms with Crippen molar-refractivity contribution in [1.82, 2.24) is 20.2 Å². The van der Waals surface area contributed by atoms with Crippen molar-refractivity contribution in [2.24, 2.45) is 0 Å². The number of rotatable bonds is 2. The second-order valence-corrected chi connectivity index (χ2v) is 5.55. The molecule has 2 aromatic carbocycles. The first kappa shape index (κ1) is 13.7. The maximum absolute atomic E-state index is 13.2. The first-order chi connectivity index (χ1) is 10.0. The second kappa shape index (κ2) is 5.25. The number of halogens is 2. The Morgan fingerprint density at radius 3 is 2.71 bits per heavy atom. The summed E-state index contributed by atoms with van der Waals surface area (Å²) in [5, 5.41) is 11.7. The molecular formula is C14H11BrFN5. The van der Waals surface area contributed by atoms with Crippen molar-refractivity contribution in [3.05, 3.63) is 52.3 Å². The first-order valence-corrected chi connectivity index (χ1v) is 6.95. The molecule has 0 saturated carbocycles. The van der Waals surface area contributed by atoms with Crippen molar-refractivity contribution in [2.75, 3.05) is 5.73 Å². The van der Waals surface area contributed by atoms with Gasteiger partial charge < -0.3 is 5.73 Å². The van der Waals surface area contributed by atoms with Crippen LogP contribution in [0.5, 0.6) is 0 Å². The van der Waals surface area contributed by atoms with Crippen LogP contribution in [0.15, 0.2) is 40.9 Å². The molecule has 0 spiro atoms. The van der Waals surface area contributed by atoms with Gasteiger partial charge in [0.1, 0.15) is 5.82 Å². The minimum Gasteiger partial charge on any atom is -0.398 e. The van der Waals surface area contributed by atoms with Gasteiger partial charge in [0.2, 0.25) is 0 Å². The number of nitrogen functional groups attached to an aromatic ring is 1. The molecule has 5 nitrogen and oxygen atoms in total. The summed E-state index contributed by atoms with van der Waals surface area (Å²) in [7, 11) is 0. The smallest absolute Gasteiger partial charge is 0.189 e. The zero-order valence-corrected chi connectivity index (χ0v) is 12.7. The molecule has 0 atom stereocenters. The van der Waals surface area contributed by atoms with Gasteiger partial charge in [-0.3, -0.25) is 0 Å². The first-order valence-electron chi connectivity index (χ1n) is 6.16. The van der Waals surface area contributed by atoms with Gasteiger partial charge in [-0.1, -0.05) is 15.9 Å². The topological polar surface area (TPSA) is 69.6 Å². The number of aryl methyl sites for hydroxylation is 1. The number of hydrogen-bond acceptors (Lipinski definition) is 4. The molecule has 1 heterocycles. The predicted octanol–water partition coefficient (Wildman–Crippen LogP) is 3.12. The average molecular weight is 348 g/mol. The SMILES string of the molecule is Cc1cc(Br)cc(-n2nnnc2-c2ccc(F)cc2N)c1. The van der Waals surface area contributed by atoms with Crippen LogP contribution in [0.4, 0.5) is 10.1 Å². The summed E-state index contributed by atoms with van der Waals surface area (Å²) in [5.41, 5.74) is 8.59. The summed E-state index contributed by atoms with van der Waals surface area (Å²) in [6.07, 6.45) is 0. The lowest BCUT2D eigenvalue weighted by atomic mass is 10.1. The number of hydrogen-bond donors (Lipinski definition) is 1. The van der Waals surface area contributed by atoms with Gasteiger partial charge in [0.25, 0.3) is 0 Å². The van der Waals surface area contributed by atoms with Crippen molar-refractivity contribution >= 4 is 21.6 Å². The third kappa shape index (κ3) is 2.64. The molecule has 0 unspecified atom stereocenters. The average Bonchev–Trinajstić information content (AvgIpc) is 2.86. The van der Waals surface area contributed by atoms with Crippen molar-refractivity contribution in [2.45, 2.75) is 6.92 Å². The number of benzene rings is 2. The molecule has 0 saturated heterocycles. The highest BCUT2D eigenvalue weighted by Crippen LogP contribution is 2.27. The lowest BCUT2D eigenvalue weighted by Gasteiger charge is -2.08. The van der Waals surface area contributed by atoms with Crippen LogP contribution >= 0.6 is 15.9 Å². The van der Waals surface area contributed by atoms with Gasteiger partial charge in [-0.15, -0.1) is 5.10 Å². The Hall–Kier alpha value is -2.28. The van der Waals surface area contributed by atoms with E-state index in [-0.39, 0.29) is 5.69 Å². The highest BCUT2D eigenvalue weighted by atomic mass is 79.9. The van der Waals surface area contributed by atoms with E-state index in [0.717, 1.165) is 15.7 Å².